The number of nitrogens with zero attached hydrogens (tertiary/aromatic N) is 1. The number of anilines is 1. The molecule has 1 aromatic rings. The van der Waals surface area contributed by atoms with E-state index in [9.17, 15) is 0 Å². The Morgan fingerprint density at radius 3 is 2.50 bits per heavy atom. The predicted octanol–water partition coefficient (Wildman–Crippen LogP) is 2.79. The summed E-state index contributed by atoms with van der Waals surface area (Å²) in [5.41, 5.74) is 6.21. The van der Waals surface area contributed by atoms with E-state index in [1.165, 1.54) is 0 Å². The number of hydrogen-bond donors (Lipinski definition) is 1. The normalized spacial score (nSPS) is 9.90. The molecule has 0 saturated carbocycles. The zero-order valence-electron chi connectivity index (χ0n) is 4.74. The number of nitrogen functional groups attached to an aromatic ring is 1. The lowest BCUT2D eigenvalue weighted by Gasteiger charge is -1.99. The summed E-state index contributed by atoms with van der Waals surface area (Å²) >= 11 is 8.64. The minimum absolute atomic E-state index is 0.660. The molecule has 10 heavy (non-hydrogen) atoms. The van der Waals surface area contributed by atoms with Crippen LogP contribution in [0.1, 0.15) is 0 Å². The fourth-order valence-electron chi connectivity index (χ4n) is 0.460. The summed E-state index contributed by atoms with van der Waals surface area (Å²) in [6.07, 6.45) is 0. The molecule has 1 heterocycles. The van der Waals surface area contributed by atoms with Gasteiger partial charge in [0, 0.05) is 3.57 Å². The van der Waals surface area contributed by atoms with Gasteiger partial charge in [0.05, 0.1) is 5.69 Å². The molecule has 5 heteroatoms. The quantitative estimate of drug-likeness (QED) is 0.558. The van der Waals surface area contributed by atoms with Crippen LogP contribution in [-0.4, -0.2) is 4.98 Å². The molecule has 1 aromatic heterocycles. The van der Waals surface area contributed by atoms with Crippen LogP contribution in [0, 0.1) is 3.57 Å². The van der Waals surface area contributed by atoms with Crippen molar-refractivity contribution in [2.24, 2.45) is 0 Å². The summed E-state index contributed by atoms with van der Waals surface area (Å²) in [4.78, 5) is 4.07. The minimum Gasteiger partial charge on any atom is -0.397 e. The average molecular weight is 378 g/mol. The molecule has 54 valence electrons. The van der Waals surface area contributed by atoms with Crippen molar-refractivity contribution in [1.29, 1.82) is 0 Å². The van der Waals surface area contributed by atoms with Crippen molar-refractivity contribution in [3.8, 4) is 0 Å². The fourth-order valence-corrected chi connectivity index (χ4v) is 1.74. The van der Waals surface area contributed by atoms with Gasteiger partial charge >= 0.3 is 0 Å². The summed E-state index contributed by atoms with van der Waals surface area (Å²) in [5, 5.41) is 0. The van der Waals surface area contributed by atoms with Crippen LogP contribution in [0.2, 0.25) is 0 Å². The van der Waals surface area contributed by atoms with Crippen molar-refractivity contribution >= 4 is 60.1 Å². The Bertz CT molecular complexity index is 214. The summed E-state index contributed by atoms with van der Waals surface area (Å²) in [5.74, 6) is 0. The van der Waals surface area contributed by atoms with E-state index in [4.69, 9.17) is 5.73 Å². The Morgan fingerprint density at radius 2 is 2.00 bits per heavy atom. The molecule has 0 atom stereocenters. The maximum Gasteiger partial charge on any atom is 0.130 e. The van der Waals surface area contributed by atoms with E-state index >= 15 is 0 Å². The Labute approximate surface area is 89.0 Å². The number of nitrogens with two attached hydrogens (primary N) is 1. The number of hydrogen-bond acceptors (Lipinski definition) is 2. The first-order chi connectivity index (χ1) is 4.61. The molecule has 2 N–H and O–H groups in total. The van der Waals surface area contributed by atoms with Crippen molar-refractivity contribution in [3.63, 3.8) is 0 Å². The van der Waals surface area contributed by atoms with Crippen LogP contribution in [0.4, 0.5) is 5.69 Å². The van der Waals surface area contributed by atoms with Crippen LogP contribution < -0.4 is 5.73 Å². The third-order valence-corrected chi connectivity index (χ3v) is 3.72. The third-order valence-electron chi connectivity index (χ3n) is 0.914. The summed E-state index contributed by atoms with van der Waals surface area (Å²) in [7, 11) is 0. The minimum atomic E-state index is 0.660. The first-order valence-electron chi connectivity index (χ1n) is 2.38. The number of aromatic nitrogens is 1. The van der Waals surface area contributed by atoms with Gasteiger partial charge in [-0.25, -0.2) is 4.98 Å². The molecule has 0 amide bonds. The SMILES string of the molecule is Nc1cc(I)c(Br)nc1Br. The zero-order chi connectivity index (χ0) is 7.72. The molecular weight excluding hydrogens is 375 g/mol. The maximum absolute atomic E-state index is 5.55. The van der Waals surface area contributed by atoms with Gasteiger partial charge in [-0.15, -0.1) is 0 Å². The molecule has 2 nitrogen and oxygen atoms in total. The number of pyridine rings is 1. The Morgan fingerprint density at radius 1 is 1.40 bits per heavy atom. The molecule has 0 bridgehead atoms. The van der Waals surface area contributed by atoms with Crippen molar-refractivity contribution < 1.29 is 0 Å². The van der Waals surface area contributed by atoms with Crippen LogP contribution in [0.5, 0.6) is 0 Å². The van der Waals surface area contributed by atoms with Crippen LogP contribution in [0.15, 0.2) is 15.3 Å². The maximum atomic E-state index is 5.55. The monoisotopic (exact) mass is 376 g/mol. The molecule has 0 spiro atoms. The first kappa shape index (κ1) is 8.73. The molecule has 0 aliphatic heterocycles. The van der Waals surface area contributed by atoms with Gasteiger partial charge in [-0.2, -0.15) is 0 Å². The molecule has 0 unspecified atom stereocenters. The smallest absolute Gasteiger partial charge is 0.130 e. The van der Waals surface area contributed by atoms with E-state index in [0.29, 0.717) is 10.3 Å². The lowest BCUT2D eigenvalue weighted by molar-refractivity contribution is 1.22. The zero-order valence-corrected chi connectivity index (χ0v) is 10.1. The second-order valence-electron chi connectivity index (χ2n) is 1.64. The highest BCUT2D eigenvalue weighted by atomic mass is 127. The Hall–Kier alpha value is 0.640. The predicted molar refractivity (Wildman–Crippen MR) is 56.8 cm³/mol. The molecule has 0 fully saturated rings. The highest BCUT2D eigenvalue weighted by Crippen LogP contribution is 2.24. The molecule has 0 aromatic carbocycles. The van der Waals surface area contributed by atoms with Crippen LogP contribution in [-0.2, 0) is 0 Å². The molecule has 0 aliphatic carbocycles. The molecule has 1 rings (SSSR count). The van der Waals surface area contributed by atoms with Gasteiger partial charge < -0.3 is 5.73 Å². The second-order valence-corrected chi connectivity index (χ2v) is 4.31. The summed E-state index contributed by atoms with van der Waals surface area (Å²) in [6, 6.07) is 1.85. The van der Waals surface area contributed by atoms with Gasteiger partial charge in [0.1, 0.15) is 9.21 Å². The van der Waals surface area contributed by atoms with Crippen LogP contribution in [0.3, 0.4) is 0 Å². The Balaban J connectivity index is 3.28. The van der Waals surface area contributed by atoms with Crippen LogP contribution in [0.25, 0.3) is 0 Å². The van der Waals surface area contributed by atoms with E-state index in [1.54, 1.807) is 0 Å². The standard InChI is InChI=1S/C5H3Br2IN2/c6-4-2(8)1-3(9)5(7)10-4/h1H,9H2. The lowest BCUT2D eigenvalue weighted by Crippen LogP contribution is -1.91. The second kappa shape index (κ2) is 3.36. The van der Waals surface area contributed by atoms with Gasteiger partial charge in [0.2, 0.25) is 0 Å². The van der Waals surface area contributed by atoms with E-state index in [2.05, 4.69) is 59.4 Å². The van der Waals surface area contributed by atoms with Crippen LogP contribution >= 0.6 is 54.5 Å². The highest BCUT2D eigenvalue weighted by molar-refractivity contribution is 14.1. The van der Waals surface area contributed by atoms with Crippen molar-refractivity contribution in [2.75, 3.05) is 5.73 Å². The average Bonchev–Trinajstić information content (AvgIpc) is 1.84. The van der Waals surface area contributed by atoms with E-state index < -0.39 is 0 Å². The Kier molecular flexibility index (Phi) is 2.93. The van der Waals surface area contributed by atoms with Gasteiger partial charge in [-0.05, 0) is 60.5 Å². The highest BCUT2D eigenvalue weighted by Gasteiger charge is 2.01. The van der Waals surface area contributed by atoms with Crippen molar-refractivity contribution in [3.05, 3.63) is 18.8 Å². The van der Waals surface area contributed by atoms with Gasteiger partial charge in [0.25, 0.3) is 0 Å². The molecule has 0 radical (unpaired) electrons. The summed E-state index contributed by atoms with van der Waals surface area (Å²) in [6.45, 7) is 0. The van der Waals surface area contributed by atoms with Gasteiger partial charge in [0.15, 0.2) is 0 Å². The lowest BCUT2D eigenvalue weighted by atomic mass is 10.4. The number of halogens is 3. The summed E-state index contributed by atoms with van der Waals surface area (Å²) < 4.78 is 2.51. The van der Waals surface area contributed by atoms with Gasteiger partial charge in [-0.1, -0.05) is 0 Å². The van der Waals surface area contributed by atoms with E-state index in [1.807, 2.05) is 6.07 Å². The largest absolute Gasteiger partial charge is 0.397 e. The topological polar surface area (TPSA) is 38.9 Å². The molecular formula is C5H3Br2IN2. The van der Waals surface area contributed by atoms with E-state index in [-0.39, 0.29) is 0 Å². The third kappa shape index (κ3) is 1.82. The van der Waals surface area contributed by atoms with Crippen molar-refractivity contribution in [1.82, 2.24) is 4.98 Å². The molecule has 0 aliphatic rings. The molecule has 0 saturated heterocycles. The van der Waals surface area contributed by atoms with Crippen molar-refractivity contribution in [2.45, 2.75) is 0 Å². The van der Waals surface area contributed by atoms with Gasteiger partial charge in [-0.3, -0.25) is 0 Å². The van der Waals surface area contributed by atoms with E-state index in [0.717, 1.165) is 8.17 Å². The number of rotatable bonds is 0. The fraction of sp³-hybridized carbons (Fsp3) is 0. The first-order valence-corrected chi connectivity index (χ1v) is 5.04.